The van der Waals surface area contributed by atoms with E-state index in [0.717, 1.165) is 5.56 Å². The van der Waals surface area contributed by atoms with Crippen molar-refractivity contribution in [3.63, 3.8) is 0 Å². The Morgan fingerprint density at radius 2 is 1.29 bits per heavy atom. The maximum Gasteiger partial charge on any atom is 0.193 e. The minimum absolute atomic E-state index is 0. The first kappa shape index (κ1) is 23.4. The molecule has 0 N–H and O–H groups in total. The maximum atomic E-state index is 12.1. The van der Waals surface area contributed by atoms with E-state index in [-0.39, 0.29) is 69.0 Å². The maximum absolute atomic E-state index is 12.1. The average molecular weight is 789 g/mol. The molecule has 0 atom stereocenters. The van der Waals surface area contributed by atoms with E-state index in [1.165, 1.54) is 0 Å². The second-order valence-electron chi connectivity index (χ2n) is 4.22. The van der Waals surface area contributed by atoms with Gasteiger partial charge >= 0.3 is 0 Å². The molecule has 0 bridgehead atoms. The number of ketones is 1. The van der Waals surface area contributed by atoms with E-state index < -0.39 is 0 Å². The molecule has 0 radical (unpaired) electrons. The summed E-state index contributed by atoms with van der Waals surface area (Å²) in [6.45, 7) is 0.666. The molecule has 0 aromatic heterocycles. The third-order valence-electron chi connectivity index (χ3n) is 2.66. The fourth-order valence-electron chi connectivity index (χ4n) is 1.78. The number of hydrogen-bond acceptors (Lipinski definition) is 2. The van der Waals surface area contributed by atoms with Crippen LogP contribution in [0.2, 0.25) is 0 Å². The van der Waals surface area contributed by atoms with Crippen molar-refractivity contribution >= 4 is 5.78 Å². The van der Waals surface area contributed by atoms with Crippen LogP contribution in [0.3, 0.4) is 0 Å². The van der Waals surface area contributed by atoms with E-state index in [2.05, 4.69) is 14.1 Å². The van der Waals surface area contributed by atoms with Gasteiger partial charge in [-0.25, -0.2) is 0 Å². The zero-order chi connectivity index (χ0) is 13.0. The molecule has 0 fully saturated rings. The molecule has 0 aliphatic heterocycles. The molecular weight excluding hydrogens is 774 g/mol. The summed E-state index contributed by atoms with van der Waals surface area (Å²) >= 11 is 0. The smallest absolute Gasteiger partial charge is 0.193 e. The number of hydrogen-bond donors (Lipinski definition) is 0. The summed E-state index contributed by atoms with van der Waals surface area (Å²) in [5.41, 5.74) is 2.50. The van der Waals surface area contributed by atoms with Crippen LogP contribution >= 0.6 is 0 Å². The Kier molecular flexibility index (Phi) is 13.0. The van der Waals surface area contributed by atoms with E-state index in [9.17, 15) is 4.79 Å². The number of nitrogens with zero attached hydrogens (tertiary/aromatic N) is 1. The van der Waals surface area contributed by atoms with Crippen molar-refractivity contribution < 1.29 is 68.0 Å². The Morgan fingerprint density at radius 1 is 0.810 bits per heavy atom. The van der Waals surface area contributed by atoms with Crippen molar-refractivity contribution in [2.45, 2.75) is 6.54 Å². The van der Waals surface area contributed by atoms with Crippen LogP contribution in [0, 0.1) is 14.1 Å². The summed E-state index contributed by atoms with van der Waals surface area (Å²) < 4.78 is 0. The van der Waals surface area contributed by atoms with Crippen LogP contribution in [-0.2, 0) is 69.7 Å². The molecule has 2 aromatic rings. The predicted octanol–water partition coefficient (Wildman–Crippen LogP) is 3.30. The van der Waals surface area contributed by atoms with Crippen LogP contribution < -0.4 is 0 Å². The average Bonchev–Trinajstić information content (AvgIpc) is 2.39. The fourth-order valence-corrected chi connectivity index (χ4v) is 1.78. The van der Waals surface area contributed by atoms with Crippen LogP contribution in [0.15, 0.2) is 54.6 Å². The fraction of sp³-hybridized carbons (Fsp3) is 0.0625. The van der Waals surface area contributed by atoms with Crippen LogP contribution in [-0.4, -0.2) is 10.7 Å². The summed E-state index contributed by atoms with van der Waals surface area (Å²) in [6, 6.07) is 16.8. The van der Waals surface area contributed by atoms with Gasteiger partial charge in [0.15, 0.2) is 5.78 Å². The molecule has 0 unspecified atom stereocenters. The monoisotopic (exact) mass is 789 g/mol. The third kappa shape index (κ3) is 7.29. The molecule has 5 heteroatoms. The van der Waals surface area contributed by atoms with Gasteiger partial charge in [-0.05, 0) is 12.1 Å². The predicted molar refractivity (Wildman–Crippen MR) is 72.6 cm³/mol. The Labute approximate surface area is 169 Å². The van der Waals surface area contributed by atoms with E-state index in [4.69, 9.17) is 0 Å². The topological polar surface area (TPSA) is 20.3 Å². The van der Waals surface area contributed by atoms with E-state index in [1.807, 2.05) is 54.6 Å². The van der Waals surface area contributed by atoms with Gasteiger partial charge in [-0.2, -0.15) is 0 Å². The second kappa shape index (κ2) is 11.7. The van der Waals surface area contributed by atoms with Crippen molar-refractivity contribution in [1.29, 1.82) is 0 Å². The molecule has 0 aliphatic rings. The van der Waals surface area contributed by atoms with Crippen LogP contribution in [0.4, 0.5) is 0 Å². The summed E-state index contributed by atoms with van der Waals surface area (Å²) in [6.07, 6.45) is 0. The number of benzene rings is 2. The summed E-state index contributed by atoms with van der Waals surface area (Å²) in [4.78, 5) is 13.7. The first-order chi connectivity index (χ1) is 8.66. The molecule has 2 nitrogen and oxygen atoms in total. The summed E-state index contributed by atoms with van der Waals surface area (Å²) in [5.74, 6) is 0.0447. The Morgan fingerprint density at radius 3 is 1.76 bits per heavy atom. The Balaban J connectivity index is 0. The van der Waals surface area contributed by atoms with Gasteiger partial charge in [0.2, 0.25) is 0 Å². The van der Waals surface area contributed by atoms with E-state index in [0.29, 0.717) is 17.7 Å². The van der Waals surface area contributed by atoms with Gasteiger partial charge in [0.25, 0.3) is 0 Å². The van der Waals surface area contributed by atoms with Crippen LogP contribution in [0.1, 0.15) is 21.5 Å². The van der Waals surface area contributed by atoms with Crippen molar-refractivity contribution in [3.8, 4) is 0 Å². The molecule has 0 aliphatic carbocycles. The normalized spacial score (nSPS) is 9.10. The number of carbonyl (C=O) groups is 1. The van der Waals surface area contributed by atoms with Gasteiger partial charge in [0, 0.05) is 74.3 Å². The third-order valence-corrected chi connectivity index (χ3v) is 2.66. The molecule has 110 valence electrons. The molecular formula is C16H15NOW3-2. The Bertz CT molecular complexity index is 527. The molecule has 0 saturated heterocycles. The van der Waals surface area contributed by atoms with Gasteiger partial charge in [0.1, 0.15) is 0 Å². The number of rotatable bonds is 4. The SMILES string of the molecule is [CH2-]N([CH2-])Cc1ccc(C(=O)c2ccccc2)cc1.[W].[W].[W]. The van der Waals surface area contributed by atoms with E-state index >= 15 is 0 Å². The van der Waals surface area contributed by atoms with Gasteiger partial charge in [0.05, 0.1) is 0 Å². The molecule has 2 aromatic carbocycles. The van der Waals surface area contributed by atoms with Gasteiger partial charge in [-0.3, -0.25) is 4.79 Å². The summed E-state index contributed by atoms with van der Waals surface area (Å²) in [5, 5.41) is 0. The van der Waals surface area contributed by atoms with Crippen molar-refractivity contribution in [2.24, 2.45) is 0 Å². The molecule has 0 heterocycles. The second-order valence-corrected chi connectivity index (χ2v) is 4.22. The number of carbonyl (C=O) groups excluding carboxylic acids is 1. The van der Waals surface area contributed by atoms with Crippen molar-refractivity contribution in [2.75, 3.05) is 0 Å². The van der Waals surface area contributed by atoms with Crippen molar-refractivity contribution in [3.05, 3.63) is 85.4 Å². The molecule has 0 amide bonds. The van der Waals surface area contributed by atoms with Crippen LogP contribution in [0.5, 0.6) is 0 Å². The molecule has 21 heavy (non-hydrogen) atoms. The molecule has 0 saturated carbocycles. The van der Waals surface area contributed by atoms with Gasteiger partial charge in [-0.15, -0.1) is 0 Å². The minimum Gasteiger partial charge on any atom is -0.607 e. The molecule has 2 rings (SSSR count). The quantitative estimate of drug-likeness (QED) is 0.351. The van der Waals surface area contributed by atoms with Gasteiger partial charge in [-0.1, -0.05) is 54.6 Å². The Hall–Kier alpha value is 0.135. The zero-order valence-corrected chi connectivity index (χ0v) is 20.2. The van der Waals surface area contributed by atoms with Crippen LogP contribution in [0.25, 0.3) is 0 Å². The van der Waals surface area contributed by atoms with Gasteiger partial charge < -0.3 is 19.0 Å². The van der Waals surface area contributed by atoms with Crippen molar-refractivity contribution in [1.82, 2.24) is 4.90 Å². The largest absolute Gasteiger partial charge is 0.607 e. The summed E-state index contributed by atoms with van der Waals surface area (Å²) in [7, 11) is 7.39. The standard InChI is InChI=1S/C16H15NO.3W/c1-17(2)12-13-8-10-15(11-9-13)16(18)14-6-4-3-5-7-14;;;/h3-11H,1-2,12H2;;;/q-2;;;. The molecule has 0 spiro atoms. The first-order valence-electron chi connectivity index (χ1n) is 5.74. The minimum atomic E-state index is 0. The first-order valence-corrected chi connectivity index (χ1v) is 5.74. The zero-order valence-electron chi connectivity index (χ0n) is 11.4. The van der Waals surface area contributed by atoms with E-state index in [1.54, 1.807) is 4.90 Å².